The molecule has 1 atom stereocenters. The van der Waals surface area contributed by atoms with Crippen LogP contribution >= 0.6 is 11.3 Å². The monoisotopic (exact) mass is 298 g/mol. The fourth-order valence-corrected chi connectivity index (χ4v) is 2.96. The number of hydrogen-bond acceptors (Lipinski definition) is 4. The Balaban J connectivity index is 1.55. The summed E-state index contributed by atoms with van der Waals surface area (Å²) in [6.07, 6.45) is 3.79. The zero-order chi connectivity index (χ0) is 14.5. The summed E-state index contributed by atoms with van der Waals surface area (Å²) in [5.41, 5.74) is 2.27. The first kappa shape index (κ1) is 14.0. The van der Waals surface area contributed by atoms with Crippen LogP contribution in [0.2, 0.25) is 0 Å². The lowest BCUT2D eigenvalue weighted by molar-refractivity contribution is 0.449. The maximum absolute atomic E-state index is 4.68. The second-order valence-electron chi connectivity index (χ2n) is 5.02. The molecule has 0 spiro atoms. The average Bonchev–Trinajstić information content (AvgIpc) is 3.17. The third kappa shape index (κ3) is 3.77. The van der Waals surface area contributed by atoms with Crippen molar-refractivity contribution < 1.29 is 0 Å². The number of nitrogens with one attached hydrogen (secondary N) is 1. The Hall–Kier alpha value is -1.98. The molecule has 3 aromatic rings. The van der Waals surface area contributed by atoms with Crippen molar-refractivity contribution in [2.24, 2.45) is 0 Å². The van der Waals surface area contributed by atoms with E-state index in [4.69, 9.17) is 0 Å². The minimum Gasteiger partial charge on any atom is -0.307 e. The molecule has 0 fully saturated rings. The molecule has 108 valence electrons. The van der Waals surface area contributed by atoms with E-state index in [1.54, 1.807) is 17.5 Å². The van der Waals surface area contributed by atoms with Crippen LogP contribution in [0.5, 0.6) is 0 Å². The van der Waals surface area contributed by atoms with E-state index in [1.807, 2.05) is 35.1 Å². The van der Waals surface area contributed by atoms with Crippen LogP contribution in [0.3, 0.4) is 0 Å². The van der Waals surface area contributed by atoms with Crippen molar-refractivity contribution in [2.75, 3.05) is 0 Å². The SMILES string of the molecule is C[C@@H](Cn1cccn1)NCc1csc(-c2ccccc2)n1. The lowest BCUT2D eigenvalue weighted by Gasteiger charge is -2.12. The number of rotatable bonds is 6. The normalized spacial score (nSPS) is 12.4. The van der Waals surface area contributed by atoms with Crippen molar-refractivity contribution >= 4 is 11.3 Å². The third-order valence-corrected chi connectivity index (χ3v) is 4.16. The van der Waals surface area contributed by atoms with Gasteiger partial charge in [0.25, 0.3) is 0 Å². The predicted octanol–water partition coefficient (Wildman–Crippen LogP) is 3.18. The maximum Gasteiger partial charge on any atom is 0.123 e. The second-order valence-corrected chi connectivity index (χ2v) is 5.88. The van der Waals surface area contributed by atoms with Gasteiger partial charge in [0.2, 0.25) is 0 Å². The fourth-order valence-electron chi connectivity index (χ4n) is 2.13. The van der Waals surface area contributed by atoms with Crippen molar-refractivity contribution in [3.63, 3.8) is 0 Å². The van der Waals surface area contributed by atoms with Crippen molar-refractivity contribution in [3.8, 4) is 10.6 Å². The van der Waals surface area contributed by atoms with Crippen molar-refractivity contribution in [1.82, 2.24) is 20.1 Å². The van der Waals surface area contributed by atoms with Crippen LogP contribution < -0.4 is 5.32 Å². The first-order chi connectivity index (χ1) is 10.3. The predicted molar refractivity (Wildman–Crippen MR) is 86.1 cm³/mol. The van der Waals surface area contributed by atoms with Crippen LogP contribution in [0.15, 0.2) is 54.2 Å². The van der Waals surface area contributed by atoms with Gasteiger partial charge in [0.1, 0.15) is 5.01 Å². The standard InChI is InChI=1S/C16H18N4S/c1-13(11-20-9-5-8-18-20)17-10-15-12-21-16(19-15)14-6-3-2-4-7-14/h2-9,12-13,17H,10-11H2,1H3/t13-/m0/s1. The number of aromatic nitrogens is 3. The third-order valence-electron chi connectivity index (χ3n) is 3.22. The Morgan fingerprint density at radius 2 is 2.10 bits per heavy atom. The highest BCUT2D eigenvalue weighted by Gasteiger charge is 2.07. The molecule has 0 bridgehead atoms. The van der Waals surface area contributed by atoms with E-state index in [-0.39, 0.29) is 0 Å². The minimum atomic E-state index is 0.353. The van der Waals surface area contributed by atoms with E-state index >= 15 is 0 Å². The molecule has 0 unspecified atom stereocenters. The quantitative estimate of drug-likeness (QED) is 0.760. The highest BCUT2D eigenvalue weighted by Crippen LogP contribution is 2.23. The minimum absolute atomic E-state index is 0.353. The zero-order valence-corrected chi connectivity index (χ0v) is 12.8. The number of thiazole rings is 1. The molecule has 3 rings (SSSR count). The number of hydrogen-bond donors (Lipinski definition) is 1. The van der Waals surface area contributed by atoms with Gasteiger partial charge in [-0.1, -0.05) is 30.3 Å². The molecule has 0 saturated heterocycles. The molecule has 0 saturated carbocycles. The van der Waals surface area contributed by atoms with Crippen LogP contribution in [-0.2, 0) is 13.1 Å². The molecule has 0 aliphatic carbocycles. The molecular formula is C16H18N4S. The van der Waals surface area contributed by atoms with Crippen molar-refractivity contribution in [3.05, 3.63) is 59.9 Å². The summed E-state index contributed by atoms with van der Waals surface area (Å²) in [6, 6.07) is 12.6. The molecule has 1 N–H and O–H groups in total. The fraction of sp³-hybridized carbons (Fsp3) is 0.250. The van der Waals surface area contributed by atoms with Crippen LogP contribution in [0, 0.1) is 0 Å². The van der Waals surface area contributed by atoms with Gasteiger partial charge in [-0.05, 0) is 13.0 Å². The van der Waals surface area contributed by atoms with Gasteiger partial charge >= 0.3 is 0 Å². The van der Waals surface area contributed by atoms with Crippen LogP contribution in [0.4, 0.5) is 0 Å². The second kappa shape index (κ2) is 6.65. The Kier molecular flexibility index (Phi) is 4.43. The van der Waals surface area contributed by atoms with Crippen molar-refractivity contribution in [1.29, 1.82) is 0 Å². The molecule has 4 nitrogen and oxygen atoms in total. The van der Waals surface area contributed by atoms with E-state index in [0.29, 0.717) is 6.04 Å². The Labute approximate surface area is 128 Å². The van der Waals surface area contributed by atoms with Gasteiger partial charge in [-0.25, -0.2) is 4.98 Å². The van der Waals surface area contributed by atoms with E-state index in [1.165, 1.54) is 5.56 Å². The summed E-state index contributed by atoms with van der Waals surface area (Å²) in [6.45, 7) is 3.81. The van der Waals surface area contributed by atoms with Crippen LogP contribution in [-0.4, -0.2) is 20.8 Å². The molecular weight excluding hydrogens is 280 g/mol. The van der Waals surface area contributed by atoms with Gasteiger partial charge in [-0.3, -0.25) is 4.68 Å². The Morgan fingerprint density at radius 1 is 1.24 bits per heavy atom. The lowest BCUT2D eigenvalue weighted by Crippen LogP contribution is -2.30. The maximum atomic E-state index is 4.68. The zero-order valence-electron chi connectivity index (χ0n) is 11.9. The highest BCUT2D eigenvalue weighted by atomic mass is 32.1. The molecule has 2 aromatic heterocycles. The van der Waals surface area contributed by atoms with Crippen molar-refractivity contribution in [2.45, 2.75) is 26.1 Å². The summed E-state index contributed by atoms with van der Waals surface area (Å²) in [7, 11) is 0. The van der Waals surface area contributed by atoms with Gasteiger partial charge in [0.05, 0.1) is 12.2 Å². The highest BCUT2D eigenvalue weighted by molar-refractivity contribution is 7.13. The van der Waals surface area contributed by atoms with Gasteiger partial charge < -0.3 is 5.32 Å². The van der Waals surface area contributed by atoms with E-state index in [9.17, 15) is 0 Å². The number of benzene rings is 1. The van der Waals surface area contributed by atoms with E-state index < -0.39 is 0 Å². The van der Waals surface area contributed by atoms with E-state index in [0.717, 1.165) is 23.8 Å². The van der Waals surface area contributed by atoms with Crippen LogP contribution in [0.25, 0.3) is 10.6 Å². The molecule has 0 aliphatic heterocycles. The summed E-state index contributed by atoms with van der Waals surface area (Å²) < 4.78 is 1.94. The molecule has 1 aromatic carbocycles. The van der Waals surface area contributed by atoms with Gasteiger partial charge in [-0.2, -0.15) is 5.10 Å². The summed E-state index contributed by atoms with van der Waals surface area (Å²) >= 11 is 1.69. The smallest absolute Gasteiger partial charge is 0.123 e. The largest absolute Gasteiger partial charge is 0.307 e. The molecule has 0 amide bonds. The topological polar surface area (TPSA) is 42.7 Å². The molecule has 5 heteroatoms. The van der Waals surface area contributed by atoms with Gasteiger partial charge in [0.15, 0.2) is 0 Å². The summed E-state index contributed by atoms with van der Waals surface area (Å²) in [5.74, 6) is 0. The first-order valence-electron chi connectivity index (χ1n) is 7.02. The first-order valence-corrected chi connectivity index (χ1v) is 7.90. The summed E-state index contributed by atoms with van der Waals surface area (Å²) in [5, 5.41) is 10.9. The molecule has 2 heterocycles. The number of nitrogens with zero attached hydrogens (tertiary/aromatic N) is 3. The molecule has 21 heavy (non-hydrogen) atoms. The van der Waals surface area contributed by atoms with Gasteiger partial charge in [-0.15, -0.1) is 11.3 Å². The molecule has 0 aliphatic rings. The molecule has 0 radical (unpaired) electrons. The van der Waals surface area contributed by atoms with Gasteiger partial charge in [0, 0.05) is 35.9 Å². The summed E-state index contributed by atoms with van der Waals surface area (Å²) in [4.78, 5) is 4.68. The Morgan fingerprint density at radius 3 is 2.86 bits per heavy atom. The Bertz CT molecular complexity index is 661. The average molecular weight is 298 g/mol. The lowest BCUT2D eigenvalue weighted by atomic mass is 10.2. The van der Waals surface area contributed by atoms with Crippen LogP contribution in [0.1, 0.15) is 12.6 Å². The van der Waals surface area contributed by atoms with E-state index in [2.05, 4.69) is 39.8 Å².